The van der Waals surface area contributed by atoms with E-state index >= 15 is 0 Å². The van der Waals surface area contributed by atoms with E-state index in [0.29, 0.717) is 13.2 Å². The van der Waals surface area contributed by atoms with E-state index in [1.54, 1.807) is 12.2 Å². The maximum absolute atomic E-state index is 11.2. The average Bonchev–Trinajstić information content (AvgIpc) is 2.16. The lowest BCUT2D eigenvalue weighted by Gasteiger charge is -2.43. The first kappa shape index (κ1) is 10.6. The van der Waals surface area contributed by atoms with Gasteiger partial charge in [-0.3, -0.25) is 4.79 Å². The summed E-state index contributed by atoms with van der Waals surface area (Å²) in [4.78, 5) is 11.2. The van der Waals surface area contributed by atoms with Gasteiger partial charge >= 0.3 is 0 Å². The Balaban J connectivity index is 2.20. The lowest BCUT2D eigenvalue weighted by molar-refractivity contribution is -0.252. The maximum Gasteiger partial charge on any atom is 0.211 e. The molecule has 0 amide bonds. The van der Waals surface area contributed by atoms with Crippen LogP contribution >= 0.6 is 0 Å². The van der Waals surface area contributed by atoms with Crippen LogP contribution < -0.4 is 0 Å². The number of ether oxygens (including phenoxy) is 2. The second kappa shape index (κ2) is 3.29. The number of carbonyl (C=O) groups excluding carboxylic acids is 1. The molecule has 3 heteroatoms. The highest BCUT2D eigenvalue weighted by Crippen LogP contribution is 2.36. The molecule has 0 bridgehead atoms. The molecule has 15 heavy (non-hydrogen) atoms. The molecule has 1 aliphatic heterocycles. The lowest BCUT2D eigenvalue weighted by atomic mass is 9.92. The third kappa shape index (κ3) is 1.90. The molecule has 0 aromatic rings. The van der Waals surface area contributed by atoms with Crippen LogP contribution in [0.25, 0.3) is 0 Å². The summed E-state index contributed by atoms with van der Waals surface area (Å²) in [7, 11) is 0. The third-order valence-corrected chi connectivity index (χ3v) is 2.73. The van der Waals surface area contributed by atoms with Crippen LogP contribution in [0.3, 0.4) is 0 Å². The van der Waals surface area contributed by atoms with Gasteiger partial charge in [0.15, 0.2) is 5.78 Å². The van der Waals surface area contributed by atoms with Crippen LogP contribution in [0.5, 0.6) is 0 Å². The molecule has 0 aromatic heterocycles. The Kier molecular flexibility index (Phi) is 2.32. The summed E-state index contributed by atoms with van der Waals surface area (Å²) in [6, 6.07) is 0. The molecule has 0 atom stereocenters. The van der Waals surface area contributed by atoms with Crippen molar-refractivity contribution in [1.82, 2.24) is 0 Å². The first-order valence-corrected chi connectivity index (χ1v) is 5.13. The first-order chi connectivity index (χ1) is 6.94. The smallest absolute Gasteiger partial charge is 0.211 e. The van der Waals surface area contributed by atoms with E-state index in [4.69, 9.17) is 9.47 Å². The average molecular weight is 208 g/mol. The van der Waals surface area contributed by atoms with Crippen LogP contribution in [0.4, 0.5) is 0 Å². The Morgan fingerprint density at radius 2 is 1.87 bits per heavy atom. The van der Waals surface area contributed by atoms with Crippen LogP contribution in [0.2, 0.25) is 0 Å². The van der Waals surface area contributed by atoms with Crippen molar-refractivity contribution in [3.8, 4) is 0 Å². The van der Waals surface area contributed by atoms with Crippen LogP contribution in [0, 0.1) is 5.41 Å². The number of rotatable bonds is 0. The van der Waals surface area contributed by atoms with Crippen molar-refractivity contribution >= 4 is 5.78 Å². The van der Waals surface area contributed by atoms with E-state index in [0.717, 1.165) is 5.57 Å². The number of hydrogen-bond donors (Lipinski definition) is 0. The zero-order chi connectivity index (χ0) is 11.1. The summed E-state index contributed by atoms with van der Waals surface area (Å²) in [6.45, 7) is 7.32. The minimum atomic E-state index is -0.788. The van der Waals surface area contributed by atoms with Gasteiger partial charge in [-0.25, -0.2) is 0 Å². The van der Waals surface area contributed by atoms with Crippen LogP contribution in [-0.4, -0.2) is 24.8 Å². The van der Waals surface area contributed by atoms with Crippen molar-refractivity contribution in [2.75, 3.05) is 13.2 Å². The van der Waals surface area contributed by atoms with Gasteiger partial charge in [0.05, 0.1) is 13.2 Å². The fraction of sp³-hybridized carbons (Fsp3) is 0.583. The van der Waals surface area contributed by atoms with Gasteiger partial charge in [0.1, 0.15) is 0 Å². The highest BCUT2D eigenvalue weighted by atomic mass is 16.7. The molecule has 1 spiro atoms. The molecular formula is C12H16O3. The molecule has 1 aliphatic carbocycles. The SMILES string of the molecule is CC1=CC(=O)C=CC12OCC(C)(C)CO2. The summed E-state index contributed by atoms with van der Waals surface area (Å²) in [5.74, 6) is -0.793. The predicted octanol–water partition coefficient (Wildman–Crippen LogP) is 1.84. The van der Waals surface area contributed by atoms with Gasteiger partial charge in [-0.15, -0.1) is 0 Å². The minimum absolute atomic E-state index is 0.00448. The summed E-state index contributed by atoms with van der Waals surface area (Å²) < 4.78 is 11.5. The van der Waals surface area contributed by atoms with E-state index in [-0.39, 0.29) is 11.2 Å². The van der Waals surface area contributed by atoms with Crippen molar-refractivity contribution < 1.29 is 14.3 Å². The zero-order valence-corrected chi connectivity index (χ0v) is 9.37. The number of hydrogen-bond acceptors (Lipinski definition) is 3. The molecule has 0 aromatic carbocycles. The van der Waals surface area contributed by atoms with Crippen LogP contribution in [-0.2, 0) is 14.3 Å². The van der Waals surface area contributed by atoms with Crippen LogP contribution in [0.1, 0.15) is 20.8 Å². The van der Waals surface area contributed by atoms with Gasteiger partial charge in [-0.1, -0.05) is 13.8 Å². The quantitative estimate of drug-likeness (QED) is 0.609. The maximum atomic E-state index is 11.2. The largest absolute Gasteiger partial charge is 0.342 e. The highest BCUT2D eigenvalue weighted by molar-refractivity contribution is 6.01. The Morgan fingerprint density at radius 1 is 1.27 bits per heavy atom. The van der Waals surface area contributed by atoms with E-state index in [2.05, 4.69) is 13.8 Å². The number of ketones is 1. The van der Waals surface area contributed by atoms with Crippen molar-refractivity contribution in [2.45, 2.75) is 26.6 Å². The van der Waals surface area contributed by atoms with Gasteiger partial charge in [0.25, 0.3) is 0 Å². The minimum Gasteiger partial charge on any atom is -0.342 e. The standard InChI is InChI=1S/C12H16O3/c1-9-6-10(13)4-5-12(9)14-7-11(2,3)8-15-12/h4-6H,7-8H2,1-3H3. The van der Waals surface area contributed by atoms with Gasteiger partial charge in [-0.2, -0.15) is 0 Å². The molecular weight excluding hydrogens is 192 g/mol. The van der Waals surface area contributed by atoms with Crippen molar-refractivity contribution in [1.29, 1.82) is 0 Å². The van der Waals surface area contributed by atoms with Gasteiger partial charge in [0, 0.05) is 5.41 Å². The second-order valence-corrected chi connectivity index (χ2v) is 4.97. The summed E-state index contributed by atoms with van der Waals surface area (Å²) in [5, 5.41) is 0. The molecule has 82 valence electrons. The molecule has 0 radical (unpaired) electrons. The Morgan fingerprint density at radius 3 is 2.40 bits per heavy atom. The third-order valence-electron chi connectivity index (χ3n) is 2.73. The molecule has 2 aliphatic rings. The van der Waals surface area contributed by atoms with E-state index in [1.165, 1.54) is 6.08 Å². The summed E-state index contributed by atoms with van der Waals surface area (Å²) in [5.41, 5.74) is 0.867. The molecule has 1 saturated heterocycles. The number of allylic oxidation sites excluding steroid dienone is 2. The Bertz CT molecular complexity index is 340. The fourth-order valence-corrected chi connectivity index (χ4v) is 1.70. The number of carbonyl (C=O) groups is 1. The summed E-state index contributed by atoms with van der Waals surface area (Å²) in [6.07, 6.45) is 4.78. The monoisotopic (exact) mass is 208 g/mol. The van der Waals surface area contributed by atoms with Gasteiger partial charge in [-0.05, 0) is 30.7 Å². The van der Waals surface area contributed by atoms with E-state index in [9.17, 15) is 4.79 Å². The van der Waals surface area contributed by atoms with Gasteiger partial charge in [0.2, 0.25) is 5.79 Å². The van der Waals surface area contributed by atoms with Crippen molar-refractivity contribution in [3.05, 3.63) is 23.8 Å². The van der Waals surface area contributed by atoms with Crippen LogP contribution in [0.15, 0.2) is 23.8 Å². The Hall–Kier alpha value is -0.930. The highest BCUT2D eigenvalue weighted by Gasteiger charge is 2.41. The van der Waals surface area contributed by atoms with Gasteiger partial charge < -0.3 is 9.47 Å². The molecule has 1 heterocycles. The molecule has 0 saturated carbocycles. The van der Waals surface area contributed by atoms with Crippen molar-refractivity contribution in [3.63, 3.8) is 0 Å². The topological polar surface area (TPSA) is 35.5 Å². The molecule has 3 nitrogen and oxygen atoms in total. The lowest BCUT2D eigenvalue weighted by Crippen LogP contribution is -2.48. The first-order valence-electron chi connectivity index (χ1n) is 5.13. The van der Waals surface area contributed by atoms with E-state index in [1.807, 2.05) is 6.92 Å². The summed E-state index contributed by atoms with van der Waals surface area (Å²) >= 11 is 0. The fourth-order valence-electron chi connectivity index (χ4n) is 1.70. The molecule has 1 fully saturated rings. The second-order valence-electron chi connectivity index (χ2n) is 4.97. The normalized spacial score (nSPS) is 27.9. The predicted molar refractivity (Wildman–Crippen MR) is 56.3 cm³/mol. The van der Waals surface area contributed by atoms with Crippen molar-refractivity contribution in [2.24, 2.45) is 5.41 Å². The zero-order valence-electron chi connectivity index (χ0n) is 9.37. The van der Waals surface area contributed by atoms with E-state index < -0.39 is 5.79 Å². The Labute approximate surface area is 89.8 Å². The molecule has 2 rings (SSSR count). The molecule has 0 unspecified atom stereocenters. The molecule has 0 N–H and O–H groups in total.